The van der Waals surface area contributed by atoms with Gasteiger partial charge in [-0.3, -0.25) is 4.79 Å². The molecule has 19 heavy (non-hydrogen) atoms. The molecular weight excluding hydrogens is 238 g/mol. The zero-order valence-corrected chi connectivity index (χ0v) is 13.6. The quantitative estimate of drug-likeness (QED) is 0.521. The second-order valence-electron chi connectivity index (χ2n) is 5.74. The van der Waals surface area contributed by atoms with Crippen LogP contribution in [0.25, 0.3) is 0 Å². The molecule has 2 atom stereocenters. The number of hydroxylamine groups is 2. The zero-order valence-electron chi connectivity index (χ0n) is 13.6. The van der Waals surface area contributed by atoms with Gasteiger partial charge in [0.2, 0.25) is 0 Å². The van der Waals surface area contributed by atoms with Crippen molar-refractivity contribution in [1.29, 1.82) is 0 Å². The smallest absolute Gasteiger partial charge is 0.325 e. The van der Waals surface area contributed by atoms with Crippen molar-refractivity contribution in [2.75, 3.05) is 14.1 Å². The van der Waals surface area contributed by atoms with Crippen molar-refractivity contribution in [3.63, 3.8) is 0 Å². The Bertz CT molecular complexity index is 229. The van der Waals surface area contributed by atoms with Crippen LogP contribution in [0, 0.1) is 11.8 Å². The summed E-state index contributed by atoms with van der Waals surface area (Å²) < 4.78 is 0. The van der Waals surface area contributed by atoms with Crippen LogP contribution in [0.5, 0.6) is 0 Å². The second-order valence-corrected chi connectivity index (χ2v) is 5.74. The average molecular weight is 271 g/mol. The summed E-state index contributed by atoms with van der Waals surface area (Å²) in [5.74, 6) is 1.39. The molecule has 0 aliphatic heterocycles. The largest absolute Gasteiger partial charge is 0.369 e. The van der Waals surface area contributed by atoms with E-state index in [0.29, 0.717) is 12.3 Å². The average Bonchev–Trinajstić information content (AvgIpc) is 2.37. The van der Waals surface area contributed by atoms with Crippen LogP contribution in [0.3, 0.4) is 0 Å². The van der Waals surface area contributed by atoms with Crippen molar-refractivity contribution in [3.8, 4) is 0 Å². The summed E-state index contributed by atoms with van der Waals surface area (Å²) in [6, 6.07) is 0. The van der Waals surface area contributed by atoms with E-state index in [1.807, 2.05) is 0 Å². The second kappa shape index (κ2) is 11.3. The third-order valence-corrected chi connectivity index (χ3v) is 3.83. The van der Waals surface area contributed by atoms with Crippen LogP contribution >= 0.6 is 0 Å². The summed E-state index contributed by atoms with van der Waals surface area (Å²) in [6.07, 6.45) is 9.15. The van der Waals surface area contributed by atoms with Crippen molar-refractivity contribution < 1.29 is 9.63 Å². The fourth-order valence-electron chi connectivity index (χ4n) is 2.51. The Morgan fingerprint density at radius 3 is 2.11 bits per heavy atom. The van der Waals surface area contributed by atoms with Crippen LogP contribution in [-0.4, -0.2) is 25.1 Å². The lowest BCUT2D eigenvalue weighted by atomic mass is 9.85. The van der Waals surface area contributed by atoms with Gasteiger partial charge >= 0.3 is 5.97 Å². The van der Waals surface area contributed by atoms with Gasteiger partial charge in [-0.05, 0) is 24.7 Å². The van der Waals surface area contributed by atoms with E-state index in [1.165, 1.54) is 37.2 Å². The number of carbonyl (C=O) groups is 1. The van der Waals surface area contributed by atoms with Crippen LogP contribution in [0.15, 0.2) is 0 Å². The molecule has 0 saturated heterocycles. The zero-order chi connectivity index (χ0) is 14.7. The fourth-order valence-corrected chi connectivity index (χ4v) is 2.51. The highest BCUT2D eigenvalue weighted by atomic mass is 16.7. The van der Waals surface area contributed by atoms with Crippen molar-refractivity contribution in [3.05, 3.63) is 0 Å². The minimum absolute atomic E-state index is 0.106. The number of nitrogens with zero attached hydrogens (tertiary/aromatic N) is 1. The van der Waals surface area contributed by atoms with E-state index in [9.17, 15) is 4.79 Å². The summed E-state index contributed by atoms with van der Waals surface area (Å²) in [5.41, 5.74) is 0. The molecule has 0 rings (SSSR count). The lowest BCUT2D eigenvalue weighted by molar-refractivity contribution is -0.178. The van der Waals surface area contributed by atoms with Gasteiger partial charge in [0, 0.05) is 20.5 Å². The molecule has 0 aromatic carbocycles. The van der Waals surface area contributed by atoms with E-state index in [0.717, 1.165) is 18.8 Å². The van der Waals surface area contributed by atoms with E-state index < -0.39 is 0 Å². The summed E-state index contributed by atoms with van der Waals surface area (Å²) in [6.45, 7) is 6.77. The molecule has 0 fully saturated rings. The number of carbonyl (C=O) groups excluding carboxylic acids is 1. The van der Waals surface area contributed by atoms with Crippen LogP contribution in [0.1, 0.15) is 72.1 Å². The lowest BCUT2D eigenvalue weighted by Crippen LogP contribution is -2.19. The summed E-state index contributed by atoms with van der Waals surface area (Å²) in [4.78, 5) is 16.6. The van der Waals surface area contributed by atoms with Crippen molar-refractivity contribution >= 4 is 5.97 Å². The van der Waals surface area contributed by atoms with Gasteiger partial charge in [-0.15, -0.1) is 5.06 Å². The van der Waals surface area contributed by atoms with Crippen molar-refractivity contribution in [2.45, 2.75) is 72.1 Å². The van der Waals surface area contributed by atoms with E-state index in [4.69, 9.17) is 4.84 Å². The Labute approximate surface area is 119 Å². The molecule has 0 heterocycles. The minimum Gasteiger partial charge on any atom is -0.369 e. The Hall–Kier alpha value is -0.570. The summed E-state index contributed by atoms with van der Waals surface area (Å²) in [7, 11) is 3.49. The molecule has 0 amide bonds. The first-order valence-electron chi connectivity index (χ1n) is 7.91. The monoisotopic (exact) mass is 271 g/mol. The van der Waals surface area contributed by atoms with E-state index in [-0.39, 0.29) is 5.97 Å². The van der Waals surface area contributed by atoms with Crippen LogP contribution < -0.4 is 0 Å². The van der Waals surface area contributed by atoms with E-state index in [2.05, 4.69) is 20.8 Å². The number of rotatable bonds is 11. The minimum atomic E-state index is -0.106. The molecule has 0 aliphatic carbocycles. The lowest BCUT2D eigenvalue weighted by Gasteiger charge is -2.21. The standard InChI is InChI=1S/C16H33NO2/c1-6-9-10-14(7-2)13-15(8-3)11-12-16(18)19-17(4)5/h14-15H,6-13H2,1-5H3. The third-order valence-electron chi connectivity index (χ3n) is 3.83. The Kier molecular flexibility index (Phi) is 10.9. The van der Waals surface area contributed by atoms with Crippen LogP contribution in [-0.2, 0) is 9.63 Å². The van der Waals surface area contributed by atoms with Crippen LogP contribution in [0.2, 0.25) is 0 Å². The predicted molar refractivity (Wildman–Crippen MR) is 80.7 cm³/mol. The maximum atomic E-state index is 11.5. The van der Waals surface area contributed by atoms with Gasteiger partial charge in [0.1, 0.15) is 0 Å². The number of unbranched alkanes of at least 4 members (excludes halogenated alkanes) is 1. The highest BCUT2D eigenvalue weighted by molar-refractivity contribution is 5.68. The molecule has 0 aromatic rings. The molecule has 0 bridgehead atoms. The number of hydrogen-bond donors (Lipinski definition) is 0. The Morgan fingerprint density at radius 1 is 1.05 bits per heavy atom. The van der Waals surface area contributed by atoms with E-state index in [1.54, 1.807) is 14.1 Å². The highest BCUT2D eigenvalue weighted by Gasteiger charge is 2.16. The molecule has 3 heteroatoms. The van der Waals surface area contributed by atoms with Gasteiger partial charge in [0.25, 0.3) is 0 Å². The molecule has 2 unspecified atom stereocenters. The maximum absolute atomic E-state index is 11.5. The van der Waals surface area contributed by atoms with Crippen molar-refractivity contribution in [2.24, 2.45) is 11.8 Å². The predicted octanol–water partition coefficient (Wildman–Crippen LogP) is 4.42. The molecular formula is C16H33NO2. The SMILES string of the molecule is CCCCC(CC)CC(CC)CCC(=O)ON(C)C. The molecule has 0 N–H and O–H groups in total. The highest BCUT2D eigenvalue weighted by Crippen LogP contribution is 2.26. The van der Waals surface area contributed by atoms with Gasteiger partial charge in [-0.1, -0.05) is 52.9 Å². The Morgan fingerprint density at radius 2 is 1.63 bits per heavy atom. The van der Waals surface area contributed by atoms with Gasteiger partial charge in [-0.2, -0.15) is 0 Å². The molecule has 114 valence electrons. The molecule has 0 radical (unpaired) electrons. The van der Waals surface area contributed by atoms with Gasteiger partial charge in [0.15, 0.2) is 0 Å². The molecule has 0 aromatic heterocycles. The third kappa shape index (κ3) is 9.94. The topological polar surface area (TPSA) is 29.5 Å². The molecule has 3 nitrogen and oxygen atoms in total. The molecule has 0 aliphatic rings. The molecule has 0 saturated carbocycles. The van der Waals surface area contributed by atoms with Gasteiger partial charge in [-0.25, -0.2) is 0 Å². The van der Waals surface area contributed by atoms with Crippen molar-refractivity contribution in [1.82, 2.24) is 5.06 Å². The van der Waals surface area contributed by atoms with Gasteiger partial charge < -0.3 is 4.84 Å². The maximum Gasteiger partial charge on any atom is 0.325 e. The van der Waals surface area contributed by atoms with Crippen LogP contribution in [0.4, 0.5) is 0 Å². The first-order chi connectivity index (χ1) is 9.03. The first kappa shape index (κ1) is 18.4. The summed E-state index contributed by atoms with van der Waals surface area (Å²) in [5, 5.41) is 1.47. The number of hydrogen-bond acceptors (Lipinski definition) is 3. The Balaban J connectivity index is 4.01. The normalized spacial score (nSPS) is 14.4. The molecule has 0 spiro atoms. The van der Waals surface area contributed by atoms with E-state index >= 15 is 0 Å². The fraction of sp³-hybridized carbons (Fsp3) is 0.938. The first-order valence-corrected chi connectivity index (χ1v) is 7.91. The van der Waals surface area contributed by atoms with Gasteiger partial charge in [0.05, 0.1) is 0 Å². The summed E-state index contributed by atoms with van der Waals surface area (Å²) >= 11 is 0.